The maximum atomic E-state index is 11.3. The molecule has 0 atom stereocenters. The second-order valence-electron chi connectivity index (χ2n) is 3.52. The molecule has 96 valence electrons. The summed E-state index contributed by atoms with van der Waals surface area (Å²) < 4.78 is 0. The minimum absolute atomic E-state index is 0.0266. The van der Waals surface area contributed by atoms with Gasteiger partial charge in [0, 0.05) is 30.6 Å². The number of nitrogens with zero attached hydrogens (tertiary/aromatic N) is 1. The first-order chi connectivity index (χ1) is 8.63. The third-order valence-corrected chi connectivity index (χ3v) is 2.41. The molecule has 0 saturated heterocycles. The lowest BCUT2D eigenvalue weighted by molar-refractivity contribution is -0.384. The second-order valence-corrected chi connectivity index (χ2v) is 3.89. The third-order valence-electron chi connectivity index (χ3n) is 2.14. The van der Waals surface area contributed by atoms with Crippen molar-refractivity contribution in [1.29, 1.82) is 0 Å². The predicted molar refractivity (Wildman–Crippen MR) is 70.5 cm³/mol. The van der Waals surface area contributed by atoms with Crippen LogP contribution in [0.5, 0.6) is 0 Å². The first-order valence-electron chi connectivity index (χ1n) is 5.40. The van der Waals surface area contributed by atoms with Gasteiger partial charge in [0.25, 0.3) is 5.69 Å². The SMILES string of the molecule is O=C(/C=C/c1ccc([N+](=O)[O-])cc1)NCCCCl. The molecule has 18 heavy (non-hydrogen) atoms. The Morgan fingerprint density at radius 3 is 2.61 bits per heavy atom. The van der Waals surface area contributed by atoms with Crippen LogP contribution < -0.4 is 5.32 Å². The van der Waals surface area contributed by atoms with Gasteiger partial charge in [0.2, 0.25) is 5.91 Å². The molecule has 0 aliphatic carbocycles. The topological polar surface area (TPSA) is 72.2 Å². The fraction of sp³-hybridized carbons (Fsp3) is 0.250. The standard InChI is InChI=1S/C12H13ClN2O3/c13-8-1-9-14-12(16)7-4-10-2-5-11(6-3-10)15(17)18/h2-7H,1,8-9H2,(H,14,16)/b7-4+. The number of rotatable bonds is 6. The van der Waals surface area contributed by atoms with Crippen LogP contribution in [0.2, 0.25) is 0 Å². The highest BCUT2D eigenvalue weighted by Crippen LogP contribution is 2.12. The van der Waals surface area contributed by atoms with Gasteiger partial charge in [-0.2, -0.15) is 0 Å². The zero-order valence-electron chi connectivity index (χ0n) is 9.64. The van der Waals surface area contributed by atoms with Gasteiger partial charge in [0.15, 0.2) is 0 Å². The van der Waals surface area contributed by atoms with Crippen molar-refractivity contribution in [3.05, 3.63) is 46.0 Å². The molecule has 0 heterocycles. The molecular weight excluding hydrogens is 256 g/mol. The van der Waals surface area contributed by atoms with Crippen molar-refractivity contribution in [1.82, 2.24) is 5.32 Å². The Bertz CT molecular complexity index is 443. The molecule has 0 radical (unpaired) electrons. The lowest BCUT2D eigenvalue weighted by Crippen LogP contribution is -2.22. The molecule has 0 aliphatic heterocycles. The van der Waals surface area contributed by atoms with E-state index >= 15 is 0 Å². The summed E-state index contributed by atoms with van der Waals surface area (Å²) in [5, 5.41) is 13.1. The van der Waals surface area contributed by atoms with Gasteiger partial charge in [-0.05, 0) is 30.2 Å². The van der Waals surface area contributed by atoms with Crippen LogP contribution in [0.4, 0.5) is 5.69 Å². The van der Waals surface area contributed by atoms with Crippen molar-refractivity contribution in [3.8, 4) is 0 Å². The molecule has 0 aromatic heterocycles. The summed E-state index contributed by atoms with van der Waals surface area (Å²) in [5.74, 6) is 0.297. The van der Waals surface area contributed by atoms with E-state index in [0.717, 1.165) is 12.0 Å². The van der Waals surface area contributed by atoms with Crippen molar-refractivity contribution >= 4 is 29.3 Å². The number of benzene rings is 1. The number of non-ortho nitro benzene ring substituents is 1. The van der Waals surface area contributed by atoms with E-state index in [1.807, 2.05) is 0 Å². The highest BCUT2D eigenvalue weighted by Gasteiger charge is 2.02. The molecule has 0 unspecified atom stereocenters. The number of amides is 1. The number of nitrogens with one attached hydrogen (secondary N) is 1. The van der Waals surface area contributed by atoms with E-state index in [4.69, 9.17) is 11.6 Å². The number of hydrogen-bond donors (Lipinski definition) is 1. The molecule has 1 aromatic rings. The lowest BCUT2D eigenvalue weighted by Gasteiger charge is -1.98. The molecule has 0 saturated carbocycles. The van der Waals surface area contributed by atoms with Crippen LogP contribution in [0, 0.1) is 10.1 Å². The third kappa shape index (κ3) is 4.97. The van der Waals surface area contributed by atoms with Crippen molar-refractivity contribution in [2.24, 2.45) is 0 Å². The molecule has 0 aliphatic rings. The Morgan fingerprint density at radius 1 is 1.39 bits per heavy atom. The Balaban J connectivity index is 2.51. The highest BCUT2D eigenvalue weighted by atomic mass is 35.5. The summed E-state index contributed by atoms with van der Waals surface area (Å²) in [7, 11) is 0. The summed E-state index contributed by atoms with van der Waals surface area (Å²) in [6.45, 7) is 0.535. The van der Waals surface area contributed by atoms with Gasteiger partial charge in [-0.25, -0.2) is 0 Å². The van der Waals surface area contributed by atoms with Crippen LogP contribution in [-0.4, -0.2) is 23.3 Å². The van der Waals surface area contributed by atoms with Crippen molar-refractivity contribution in [2.45, 2.75) is 6.42 Å². The average Bonchev–Trinajstić information content (AvgIpc) is 2.37. The van der Waals surface area contributed by atoms with E-state index in [1.165, 1.54) is 18.2 Å². The number of hydrogen-bond acceptors (Lipinski definition) is 3. The summed E-state index contributed by atoms with van der Waals surface area (Å²) in [6, 6.07) is 5.96. The van der Waals surface area contributed by atoms with Crippen LogP contribution >= 0.6 is 11.6 Å². The van der Waals surface area contributed by atoms with Crippen molar-refractivity contribution in [3.63, 3.8) is 0 Å². The molecule has 0 spiro atoms. The number of nitro groups is 1. The van der Waals surface area contributed by atoms with Crippen LogP contribution in [-0.2, 0) is 4.79 Å². The van der Waals surface area contributed by atoms with E-state index in [9.17, 15) is 14.9 Å². The number of halogens is 1. The predicted octanol–water partition coefficient (Wildman–Crippen LogP) is 2.35. The van der Waals surface area contributed by atoms with Gasteiger partial charge in [-0.3, -0.25) is 14.9 Å². The molecular formula is C12H13ClN2O3. The molecule has 1 N–H and O–H groups in total. The Labute approximate surface area is 110 Å². The van der Waals surface area contributed by atoms with Gasteiger partial charge < -0.3 is 5.32 Å². The number of carbonyl (C=O) groups excluding carboxylic acids is 1. The fourth-order valence-corrected chi connectivity index (χ4v) is 1.35. The molecule has 1 rings (SSSR count). The van der Waals surface area contributed by atoms with Crippen LogP contribution in [0.3, 0.4) is 0 Å². The van der Waals surface area contributed by atoms with E-state index in [-0.39, 0.29) is 11.6 Å². The Kier molecular flexibility index (Phi) is 5.87. The molecule has 1 amide bonds. The first-order valence-corrected chi connectivity index (χ1v) is 5.93. The quantitative estimate of drug-likeness (QED) is 0.283. The van der Waals surface area contributed by atoms with Crippen molar-refractivity contribution < 1.29 is 9.72 Å². The molecule has 0 bridgehead atoms. The molecule has 6 heteroatoms. The second kappa shape index (κ2) is 7.45. The number of carbonyl (C=O) groups is 1. The lowest BCUT2D eigenvalue weighted by atomic mass is 10.2. The summed E-state index contributed by atoms with van der Waals surface area (Å²) >= 11 is 5.47. The summed E-state index contributed by atoms with van der Waals surface area (Å²) in [6.07, 6.45) is 3.70. The number of alkyl halides is 1. The van der Waals surface area contributed by atoms with Crippen LogP contribution in [0.1, 0.15) is 12.0 Å². The average molecular weight is 269 g/mol. The largest absolute Gasteiger partial charge is 0.353 e. The van der Waals surface area contributed by atoms with Gasteiger partial charge in [-0.1, -0.05) is 0 Å². The van der Waals surface area contributed by atoms with Gasteiger partial charge in [-0.15, -0.1) is 11.6 Å². The smallest absolute Gasteiger partial charge is 0.269 e. The van der Waals surface area contributed by atoms with Crippen LogP contribution in [0.15, 0.2) is 30.3 Å². The minimum atomic E-state index is -0.466. The van der Waals surface area contributed by atoms with E-state index in [2.05, 4.69) is 5.32 Å². The summed E-state index contributed by atoms with van der Waals surface area (Å²) in [4.78, 5) is 21.3. The Hall–Kier alpha value is -1.88. The molecule has 0 fully saturated rings. The van der Waals surface area contributed by atoms with Crippen molar-refractivity contribution in [2.75, 3.05) is 12.4 Å². The highest BCUT2D eigenvalue weighted by molar-refractivity contribution is 6.17. The van der Waals surface area contributed by atoms with E-state index in [1.54, 1.807) is 18.2 Å². The van der Waals surface area contributed by atoms with Gasteiger partial charge in [0.05, 0.1) is 4.92 Å². The molecule has 5 nitrogen and oxygen atoms in total. The first kappa shape index (κ1) is 14.2. The monoisotopic (exact) mass is 268 g/mol. The molecule has 1 aromatic carbocycles. The minimum Gasteiger partial charge on any atom is -0.353 e. The maximum Gasteiger partial charge on any atom is 0.269 e. The summed E-state index contributed by atoms with van der Waals surface area (Å²) in [5.41, 5.74) is 0.756. The fourth-order valence-electron chi connectivity index (χ4n) is 1.22. The zero-order valence-corrected chi connectivity index (χ0v) is 10.4. The Morgan fingerprint density at radius 2 is 2.06 bits per heavy atom. The normalized spacial score (nSPS) is 10.5. The maximum absolute atomic E-state index is 11.3. The number of nitro benzene ring substituents is 1. The van der Waals surface area contributed by atoms with Crippen LogP contribution in [0.25, 0.3) is 6.08 Å². The van der Waals surface area contributed by atoms with Gasteiger partial charge in [0.1, 0.15) is 0 Å². The van der Waals surface area contributed by atoms with E-state index < -0.39 is 4.92 Å². The van der Waals surface area contributed by atoms with E-state index in [0.29, 0.717) is 12.4 Å². The zero-order chi connectivity index (χ0) is 13.4. The van der Waals surface area contributed by atoms with Gasteiger partial charge >= 0.3 is 0 Å².